The summed E-state index contributed by atoms with van der Waals surface area (Å²) in [6, 6.07) is 5.37. The Kier molecular flexibility index (Phi) is 5.95. The highest BCUT2D eigenvalue weighted by molar-refractivity contribution is 5.84. The minimum Gasteiger partial charge on any atom is -0.387 e. The van der Waals surface area contributed by atoms with Crippen LogP contribution in [0.15, 0.2) is 24.3 Å². The third kappa shape index (κ3) is 5.48. The van der Waals surface area contributed by atoms with Crippen LogP contribution in [0.4, 0.5) is 4.39 Å². The van der Waals surface area contributed by atoms with Crippen molar-refractivity contribution in [2.24, 2.45) is 0 Å². The Morgan fingerprint density at radius 1 is 1.21 bits per heavy atom. The van der Waals surface area contributed by atoms with Crippen molar-refractivity contribution >= 4 is 11.8 Å². The van der Waals surface area contributed by atoms with Gasteiger partial charge in [0.05, 0.1) is 12.6 Å². The van der Waals surface area contributed by atoms with E-state index in [0.29, 0.717) is 12.0 Å². The second-order valence-corrected chi connectivity index (χ2v) is 4.00. The van der Waals surface area contributed by atoms with Crippen molar-refractivity contribution in [1.29, 1.82) is 0 Å². The lowest BCUT2D eigenvalue weighted by molar-refractivity contribution is -0.126. The standard InChI is InChI=1S/C13H17FN2O3/c1-2-12(18)16-8-13(19)15-7-11(17)9-3-5-10(14)6-4-9/h3-6,11,17H,2,7-8H2,1H3,(H,15,19)(H,16,18). The van der Waals surface area contributed by atoms with Crippen molar-refractivity contribution in [2.75, 3.05) is 13.1 Å². The number of hydrogen-bond donors (Lipinski definition) is 3. The summed E-state index contributed by atoms with van der Waals surface area (Å²) in [4.78, 5) is 22.3. The first-order chi connectivity index (χ1) is 9.02. The van der Waals surface area contributed by atoms with Gasteiger partial charge in [0, 0.05) is 13.0 Å². The number of aliphatic hydroxyl groups excluding tert-OH is 1. The number of halogens is 1. The first-order valence-corrected chi connectivity index (χ1v) is 6.00. The van der Waals surface area contributed by atoms with Crippen LogP contribution in [0.25, 0.3) is 0 Å². The molecule has 0 bridgehead atoms. The SMILES string of the molecule is CCC(=O)NCC(=O)NCC(O)c1ccc(F)cc1. The molecule has 0 aromatic heterocycles. The van der Waals surface area contributed by atoms with E-state index in [1.807, 2.05) is 0 Å². The average molecular weight is 268 g/mol. The predicted molar refractivity (Wildman–Crippen MR) is 67.7 cm³/mol. The smallest absolute Gasteiger partial charge is 0.239 e. The number of carbonyl (C=O) groups is 2. The summed E-state index contributed by atoms with van der Waals surface area (Å²) in [5.41, 5.74) is 0.513. The monoisotopic (exact) mass is 268 g/mol. The Morgan fingerprint density at radius 3 is 2.42 bits per heavy atom. The van der Waals surface area contributed by atoms with Gasteiger partial charge >= 0.3 is 0 Å². The third-order valence-corrected chi connectivity index (χ3v) is 2.51. The van der Waals surface area contributed by atoms with E-state index >= 15 is 0 Å². The number of rotatable bonds is 6. The molecule has 0 saturated carbocycles. The van der Waals surface area contributed by atoms with Gasteiger partial charge in [-0.15, -0.1) is 0 Å². The fourth-order valence-corrected chi connectivity index (χ4v) is 1.38. The van der Waals surface area contributed by atoms with E-state index in [2.05, 4.69) is 10.6 Å². The van der Waals surface area contributed by atoms with Gasteiger partial charge < -0.3 is 15.7 Å². The van der Waals surface area contributed by atoms with Crippen LogP contribution in [0.5, 0.6) is 0 Å². The summed E-state index contributed by atoms with van der Waals surface area (Å²) in [5, 5.41) is 14.7. The first-order valence-electron chi connectivity index (χ1n) is 6.00. The highest BCUT2D eigenvalue weighted by Gasteiger charge is 2.10. The average Bonchev–Trinajstić information content (AvgIpc) is 2.42. The summed E-state index contributed by atoms with van der Waals surface area (Å²) in [7, 11) is 0. The minimum atomic E-state index is -0.911. The maximum atomic E-state index is 12.7. The summed E-state index contributed by atoms with van der Waals surface area (Å²) in [5.74, 6) is -0.987. The van der Waals surface area contributed by atoms with Crippen LogP contribution in [-0.4, -0.2) is 30.0 Å². The maximum absolute atomic E-state index is 12.7. The number of aliphatic hydroxyl groups is 1. The zero-order valence-corrected chi connectivity index (χ0v) is 10.6. The number of benzene rings is 1. The van der Waals surface area contributed by atoms with Crippen molar-refractivity contribution in [3.8, 4) is 0 Å². The van der Waals surface area contributed by atoms with Gasteiger partial charge in [0.2, 0.25) is 11.8 Å². The second-order valence-electron chi connectivity index (χ2n) is 4.00. The molecule has 5 nitrogen and oxygen atoms in total. The molecule has 1 rings (SSSR count). The normalized spacial score (nSPS) is 11.7. The van der Waals surface area contributed by atoms with Gasteiger partial charge in [0.15, 0.2) is 0 Å². The second kappa shape index (κ2) is 7.48. The molecule has 1 aromatic carbocycles. The van der Waals surface area contributed by atoms with E-state index in [4.69, 9.17) is 0 Å². The van der Waals surface area contributed by atoms with Gasteiger partial charge in [0.1, 0.15) is 5.82 Å². The molecule has 0 heterocycles. The quantitative estimate of drug-likeness (QED) is 0.703. The Labute approximate surface area is 110 Å². The van der Waals surface area contributed by atoms with Crippen LogP contribution in [0.3, 0.4) is 0 Å². The maximum Gasteiger partial charge on any atom is 0.239 e. The van der Waals surface area contributed by atoms with Crippen LogP contribution < -0.4 is 10.6 Å². The van der Waals surface area contributed by atoms with Crippen molar-refractivity contribution in [2.45, 2.75) is 19.4 Å². The molecule has 1 aromatic rings. The van der Waals surface area contributed by atoms with Crippen molar-refractivity contribution in [1.82, 2.24) is 10.6 Å². The Balaban J connectivity index is 2.33. The molecule has 1 atom stereocenters. The van der Waals surface area contributed by atoms with Gasteiger partial charge in [-0.2, -0.15) is 0 Å². The lowest BCUT2D eigenvalue weighted by Gasteiger charge is -2.12. The minimum absolute atomic E-state index is 0.00641. The molecular weight excluding hydrogens is 251 g/mol. The van der Waals surface area contributed by atoms with Crippen LogP contribution >= 0.6 is 0 Å². The molecule has 3 N–H and O–H groups in total. The highest BCUT2D eigenvalue weighted by Crippen LogP contribution is 2.12. The lowest BCUT2D eigenvalue weighted by Crippen LogP contribution is -2.38. The Bertz CT molecular complexity index is 434. The third-order valence-electron chi connectivity index (χ3n) is 2.51. The van der Waals surface area contributed by atoms with Crippen molar-refractivity contribution in [3.05, 3.63) is 35.6 Å². The summed E-state index contributed by atoms with van der Waals surface area (Å²) >= 11 is 0. The van der Waals surface area contributed by atoms with Gasteiger partial charge in [-0.3, -0.25) is 9.59 Å². The number of amides is 2. The molecule has 1 unspecified atom stereocenters. The Morgan fingerprint density at radius 2 is 1.84 bits per heavy atom. The highest BCUT2D eigenvalue weighted by atomic mass is 19.1. The van der Waals surface area contributed by atoms with E-state index < -0.39 is 6.10 Å². The fraction of sp³-hybridized carbons (Fsp3) is 0.385. The molecule has 0 spiro atoms. The summed E-state index contributed by atoms with van der Waals surface area (Å²) in [6.07, 6.45) is -0.600. The largest absolute Gasteiger partial charge is 0.387 e. The van der Waals surface area contributed by atoms with E-state index in [1.165, 1.54) is 24.3 Å². The zero-order chi connectivity index (χ0) is 14.3. The summed E-state index contributed by atoms with van der Waals surface area (Å²) < 4.78 is 12.7. The molecule has 19 heavy (non-hydrogen) atoms. The molecule has 0 aliphatic heterocycles. The number of hydrogen-bond acceptors (Lipinski definition) is 3. The van der Waals surface area contributed by atoms with Gasteiger partial charge in [0.25, 0.3) is 0 Å². The van der Waals surface area contributed by atoms with Crippen LogP contribution in [0.2, 0.25) is 0 Å². The number of carbonyl (C=O) groups excluding carboxylic acids is 2. The number of nitrogens with one attached hydrogen (secondary N) is 2. The van der Waals surface area contributed by atoms with Crippen molar-refractivity contribution in [3.63, 3.8) is 0 Å². The first kappa shape index (κ1) is 15.1. The van der Waals surface area contributed by atoms with E-state index in [1.54, 1.807) is 6.92 Å². The van der Waals surface area contributed by atoms with Crippen LogP contribution in [0, 0.1) is 5.82 Å². The lowest BCUT2D eigenvalue weighted by atomic mass is 10.1. The van der Waals surface area contributed by atoms with E-state index in [0.717, 1.165) is 0 Å². The zero-order valence-electron chi connectivity index (χ0n) is 10.6. The van der Waals surface area contributed by atoms with Gasteiger partial charge in [-0.1, -0.05) is 19.1 Å². The Hall–Kier alpha value is -1.95. The molecule has 0 saturated heterocycles. The topological polar surface area (TPSA) is 78.4 Å². The fourth-order valence-electron chi connectivity index (χ4n) is 1.38. The molecule has 0 fully saturated rings. The summed E-state index contributed by atoms with van der Waals surface area (Å²) in [6.45, 7) is 1.57. The van der Waals surface area contributed by atoms with Crippen LogP contribution in [-0.2, 0) is 9.59 Å². The molecule has 104 valence electrons. The van der Waals surface area contributed by atoms with Crippen molar-refractivity contribution < 1.29 is 19.1 Å². The molecule has 0 radical (unpaired) electrons. The van der Waals surface area contributed by atoms with Gasteiger partial charge in [-0.25, -0.2) is 4.39 Å². The van der Waals surface area contributed by atoms with E-state index in [-0.39, 0.29) is 30.7 Å². The van der Waals surface area contributed by atoms with E-state index in [9.17, 15) is 19.1 Å². The molecular formula is C13H17FN2O3. The molecule has 0 aliphatic rings. The van der Waals surface area contributed by atoms with Crippen LogP contribution in [0.1, 0.15) is 25.0 Å². The van der Waals surface area contributed by atoms with Gasteiger partial charge in [-0.05, 0) is 17.7 Å². The predicted octanol–water partition coefficient (Wildman–Crippen LogP) is 0.502. The molecule has 0 aliphatic carbocycles. The molecule has 6 heteroatoms. The molecule has 2 amide bonds.